The molecule has 0 saturated carbocycles. The van der Waals surface area contributed by atoms with Crippen LogP contribution in [0.3, 0.4) is 0 Å². The van der Waals surface area contributed by atoms with Crippen molar-refractivity contribution < 1.29 is 17.2 Å². The Morgan fingerprint density at radius 3 is 2.38 bits per heavy atom. The van der Waals surface area contributed by atoms with Gasteiger partial charge in [0.15, 0.2) is 10.7 Å². The Balaban J connectivity index is 1.98. The summed E-state index contributed by atoms with van der Waals surface area (Å²) in [5, 5.41) is 11.0. The molecule has 0 aliphatic rings. The molecule has 0 bridgehead atoms. The van der Waals surface area contributed by atoms with Crippen LogP contribution in [-0.4, -0.2) is 28.6 Å². The van der Waals surface area contributed by atoms with E-state index in [-0.39, 0.29) is 5.69 Å². The van der Waals surface area contributed by atoms with Crippen LogP contribution in [0.2, 0.25) is 0 Å². The van der Waals surface area contributed by atoms with Gasteiger partial charge >= 0.3 is 0 Å². The van der Waals surface area contributed by atoms with Gasteiger partial charge in [0.05, 0.1) is 0 Å². The van der Waals surface area contributed by atoms with E-state index in [0.29, 0.717) is 11.4 Å². The Morgan fingerprint density at radius 2 is 1.75 bits per heavy atom. The number of halogens is 2. The first kappa shape index (κ1) is 16.0. The number of hydrogen-bond donors (Lipinski definition) is 1. The van der Waals surface area contributed by atoms with Gasteiger partial charge in [-0.15, -0.1) is 5.10 Å². The highest BCUT2D eigenvalue weighted by Gasteiger charge is 2.24. The van der Waals surface area contributed by atoms with E-state index in [1.54, 1.807) is 19.2 Å². The third-order valence-corrected chi connectivity index (χ3v) is 4.61. The summed E-state index contributed by atoms with van der Waals surface area (Å²) >= 11 is 0. The molecule has 124 valence electrons. The van der Waals surface area contributed by atoms with Crippen LogP contribution in [0, 0.1) is 11.6 Å². The average molecular weight is 351 g/mol. The van der Waals surface area contributed by atoms with E-state index in [2.05, 4.69) is 20.2 Å². The standard InChI is InChI=1S/C14H11F2N5O2S/c1-21-14(17-19-20-21)9-4-2-5-10(8-9)18-24(22,23)13-11(15)6-3-7-12(13)16/h2-8,18H,1H3. The minimum absolute atomic E-state index is 0.123. The van der Waals surface area contributed by atoms with Crippen molar-refractivity contribution in [3.63, 3.8) is 0 Å². The molecule has 0 spiro atoms. The van der Waals surface area contributed by atoms with Gasteiger partial charge in [0.25, 0.3) is 10.0 Å². The second-order valence-electron chi connectivity index (χ2n) is 4.86. The van der Waals surface area contributed by atoms with Gasteiger partial charge in [-0.25, -0.2) is 21.9 Å². The smallest absolute Gasteiger partial charge is 0.267 e. The van der Waals surface area contributed by atoms with Crippen molar-refractivity contribution in [2.75, 3.05) is 4.72 Å². The largest absolute Gasteiger partial charge is 0.279 e. The number of nitrogens with zero attached hydrogens (tertiary/aromatic N) is 4. The minimum atomic E-state index is -4.43. The zero-order valence-corrected chi connectivity index (χ0v) is 13.1. The quantitative estimate of drug-likeness (QED) is 0.776. The van der Waals surface area contributed by atoms with E-state index in [1.807, 2.05) is 0 Å². The number of aromatic nitrogens is 4. The minimum Gasteiger partial charge on any atom is -0.279 e. The fourth-order valence-electron chi connectivity index (χ4n) is 2.14. The normalized spacial score (nSPS) is 11.5. The number of benzene rings is 2. The third-order valence-electron chi connectivity index (χ3n) is 3.18. The first-order valence-corrected chi connectivity index (χ1v) is 8.16. The summed E-state index contributed by atoms with van der Waals surface area (Å²) in [5.74, 6) is -1.93. The predicted octanol–water partition coefficient (Wildman–Crippen LogP) is 1.96. The molecule has 2 aromatic carbocycles. The molecule has 10 heteroatoms. The number of sulfonamides is 1. The molecule has 0 unspecified atom stereocenters. The molecule has 1 N–H and O–H groups in total. The Bertz CT molecular complexity index is 984. The SMILES string of the molecule is Cn1nnnc1-c1cccc(NS(=O)(=O)c2c(F)cccc2F)c1. The van der Waals surface area contributed by atoms with Gasteiger partial charge in [-0.2, -0.15) is 0 Å². The molecular weight excluding hydrogens is 340 g/mol. The zero-order chi connectivity index (χ0) is 17.3. The van der Waals surface area contributed by atoms with Gasteiger partial charge in [0, 0.05) is 18.3 Å². The molecule has 0 atom stereocenters. The van der Waals surface area contributed by atoms with E-state index in [4.69, 9.17) is 0 Å². The Hall–Kier alpha value is -2.88. The van der Waals surface area contributed by atoms with Crippen molar-refractivity contribution in [2.45, 2.75) is 4.90 Å². The summed E-state index contributed by atoms with van der Waals surface area (Å²) in [4.78, 5) is -1.03. The lowest BCUT2D eigenvalue weighted by molar-refractivity contribution is 0.521. The monoisotopic (exact) mass is 351 g/mol. The fourth-order valence-corrected chi connectivity index (χ4v) is 3.33. The van der Waals surface area contributed by atoms with Gasteiger partial charge in [0.1, 0.15) is 11.6 Å². The molecular formula is C14H11F2N5O2S. The maximum absolute atomic E-state index is 13.7. The predicted molar refractivity (Wildman–Crippen MR) is 81.4 cm³/mol. The highest BCUT2D eigenvalue weighted by Crippen LogP contribution is 2.24. The highest BCUT2D eigenvalue weighted by atomic mass is 32.2. The first-order chi connectivity index (χ1) is 11.4. The van der Waals surface area contributed by atoms with Gasteiger partial charge < -0.3 is 0 Å². The van der Waals surface area contributed by atoms with E-state index in [1.165, 1.54) is 16.8 Å². The van der Waals surface area contributed by atoms with Crippen LogP contribution in [0.4, 0.5) is 14.5 Å². The van der Waals surface area contributed by atoms with E-state index in [9.17, 15) is 17.2 Å². The second-order valence-corrected chi connectivity index (χ2v) is 6.48. The molecule has 0 aliphatic heterocycles. The summed E-state index contributed by atoms with van der Waals surface area (Å²) in [5.41, 5.74) is 0.662. The Kier molecular flexibility index (Phi) is 3.97. The first-order valence-electron chi connectivity index (χ1n) is 6.68. The van der Waals surface area contributed by atoms with Gasteiger partial charge in [-0.1, -0.05) is 18.2 Å². The van der Waals surface area contributed by atoms with Gasteiger partial charge in [-0.05, 0) is 34.7 Å². The molecule has 0 aliphatic carbocycles. The molecule has 3 rings (SSSR count). The van der Waals surface area contributed by atoms with Crippen LogP contribution in [0.15, 0.2) is 47.4 Å². The van der Waals surface area contributed by atoms with Crippen molar-refractivity contribution in [3.05, 3.63) is 54.1 Å². The van der Waals surface area contributed by atoms with Crippen molar-refractivity contribution in [1.82, 2.24) is 20.2 Å². The number of hydrogen-bond acceptors (Lipinski definition) is 5. The van der Waals surface area contributed by atoms with Crippen LogP contribution in [0.1, 0.15) is 0 Å². The van der Waals surface area contributed by atoms with Crippen molar-refractivity contribution in [3.8, 4) is 11.4 Å². The molecule has 1 aromatic heterocycles. The summed E-state index contributed by atoms with van der Waals surface area (Å²) in [6.45, 7) is 0. The average Bonchev–Trinajstić information content (AvgIpc) is 2.92. The fraction of sp³-hybridized carbons (Fsp3) is 0.0714. The number of anilines is 1. The lowest BCUT2D eigenvalue weighted by atomic mass is 10.2. The van der Waals surface area contributed by atoms with Crippen LogP contribution in [0.5, 0.6) is 0 Å². The number of tetrazole rings is 1. The van der Waals surface area contributed by atoms with Gasteiger partial charge in [0.2, 0.25) is 0 Å². The van der Waals surface area contributed by atoms with Crippen LogP contribution in [-0.2, 0) is 17.1 Å². The summed E-state index contributed by atoms with van der Waals surface area (Å²) in [6, 6.07) is 8.99. The molecule has 3 aromatic rings. The topological polar surface area (TPSA) is 89.8 Å². The lowest BCUT2D eigenvalue weighted by Gasteiger charge is -2.10. The maximum Gasteiger partial charge on any atom is 0.267 e. The number of aryl methyl sites for hydroxylation is 1. The lowest BCUT2D eigenvalue weighted by Crippen LogP contribution is -2.16. The van der Waals surface area contributed by atoms with E-state index in [0.717, 1.165) is 18.2 Å². The number of nitrogens with one attached hydrogen (secondary N) is 1. The van der Waals surface area contributed by atoms with E-state index < -0.39 is 26.6 Å². The molecule has 0 radical (unpaired) electrons. The molecule has 24 heavy (non-hydrogen) atoms. The van der Waals surface area contributed by atoms with Crippen molar-refractivity contribution >= 4 is 15.7 Å². The molecule has 0 amide bonds. The second kappa shape index (κ2) is 5.96. The van der Waals surface area contributed by atoms with Crippen LogP contribution in [0.25, 0.3) is 11.4 Å². The third kappa shape index (κ3) is 2.95. The molecule has 7 nitrogen and oxygen atoms in total. The Morgan fingerprint density at radius 1 is 1.08 bits per heavy atom. The molecule has 0 fully saturated rings. The van der Waals surface area contributed by atoms with E-state index >= 15 is 0 Å². The maximum atomic E-state index is 13.7. The summed E-state index contributed by atoms with van der Waals surface area (Å²) in [7, 11) is -2.80. The van der Waals surface area contributed by atoms with Crippen molar-refractivity contribution in [1.29, 1.82) is 0 Å². The van der Waals surface area contributed by atoms with Crippen LogP contribution < -0.4 is 4.72 Å². The summed E-state index contributed by atoms with van der Waals surface area (Å²) in [6.07, 6.45) is 0. The molecule has 0 saturated heterocycles. The zero-order valence-electron chi connectivity index (χ0n) is 12.3. The highest BCUT2D eigenvalue weighted by molar-refractivity contribution is 7.92. The number of rotatable bonds is 4. The van der Waals surface area contributed by atoms with Crippen LogP contribution >= 0.6 is 0 Å². The Labute approximate surface area is 136 Å². The summed E-state index contributed by atoms with van der Waals surface area (Å²) < 4.78 is 55.5. The molecule has 1 heterocycles. The van der Waals surface area contributed by atoms with Crippen molar-refractivity contribution in [2.24, 2.45) is 7.05 Å². The van der Waals surface area contributed by atoms with Gasteiger partial charge in [-0.3, -0.25) is 4.72 Å².